The molecule has 0 bridgehead atoms. The molecular weight excluding hydrogens is 260 g/mol. The lowest BCUT2D eigenvalue weighted by molar-refractivity contribution is 0.265. The average molecular weight is 283 g/mol. The average Bonchev–Trinajstić information content (AvgIpc) is 2.77. The minimum Gasteiger partial charge on any atom is -0.373 e. The number of likely N-dealkylation sites (tertiary alicyclic amines) is 1. The third kappa shape index (κ3) is 4.06. The summed E-state index contributed by atoms with van der Waals surface area (Å²) in [6.45, 7) is 4.31. The van der Waals surface area contributed by atoms with E-state index in [9.17, 15) is 0 Å². The summed E-state index contributed by atoms with van der Waals surface area (Å²) in [6.07, 6.45) is 1.29. The second-order valence-corrected chi connectivity index (χ2v) is 5.90. The molecule has 19 heavy (non-hydrogen) atoms. The van der Waals surface area contributed by atoms with E-state index in [-0.39, 0.29) is 0 Å². The van der Waals surface area contributed by atoms with E-state index in [4.69, 9.17) is 11.6 Å². The largest absolute Gasteiger partial charge is 0.373 e. The van der Waals surface area contributed by atoms with Crippen LogP contribution in [0.4, 0.5) is 5.82 Å². The number of hydrogen-bond acceptors (Lipinski definition) is 4. The Bertz CT molecular complexity index is 424. The zero-order valence-corrected chi connectivity index (χ0v) is 12.7. The second-order valence-electron chi connectivity index (χ2n) is 5.49. The van der Waals surface area contributed by atoms with Crippen molar-refractivity contribution in [2.24, 2.45) is 5.92 Å². The molecule has 0 aromatic carbocycles. The topological polar surface area (TPSA) is 31.4 Å². The molecule has 0 radical (unpaired) electrons. The van der Waals surface area contributed by atoms with Crippen LogP contribution in [0.3, 0.4) is 0 Å². The fourth-order valence-corrected chi connectivity index (χ4v) is 2.84. The highest BCUT2D eigenvalue weighted by Crippen LogP contribution is 2.20. The van der Waals surface area contributed by atoms with Crippen LogP contribution in [0.15, 0.2) is 12.1 Å². The van der Waals surface area contributed by atoms with E-state index in [0.717, 1.165) is 35.5 Å². The van der Waals surface area contributed by atoms with Gasteiger partial charge in [0.2, 0.25) is 0 Å². The Labute approximate surface area is 120 Å². The second kappa shape index (κ2) is 6.55. The number of anilines is 1. The van der Waals surface area contributed by atoms with Gasteiger partial charge in [-0.2, -0.15) is 0 Å². The molecule has 1 aromatic heterocycles. The minimum atomic E-state index is 0.745. The number of pyridine rings is 1. The third-order valence-corrected chi connectivity index (χ3v) is 4.00. The van der Waals surface area contributed by atoms with Crippen LogP contribution in [0.1, 0.15) is 12.1 Å². The first-order valence-corrected chi connectivity index (χ1v) is 7.16. The van der Waals surface area contributed by atoms with Gasteiger partial charge in [0.25, 0.3) is 0 Å². The van der Waals surface area contributed by atoms with Gasteiger partial charge >= 0.3 is 0 Å². The van der Waals surface area contributed by atoms with Crippen LogP contribution in [-0.2, 0) is 6.54 Å². The lowest BCUT2D eigenvalue weighted by atomic mass is 10.1. The molecule has 2 rings (SSSR count). The lowest BCUT2D eigenvalue weighted by Gasteiger charge is -2.21. The summed E-state index contributed by atoms with van der Waals surface area (Å²) < 4.78 is 0. The van der Waals surface area contributed by atoms with Gasteiger partial charge in [0.1, 0.15) is 5.82 Å². The smallest absolute Gasteiger partial charge is 0.126 e. The van der Waals surface area contributed by atoms with Crippen LogP contribution >= 0.6 is 11.6 Å². The van der Waals surface area contributed by atoms with Crippen LogP contribution in [0, 0.1) is 5.92 Å². The van der Waals surface area contributed by atoms with Crippen molar-refractivity contribution in [2.75, 3.05) is 46.1 Å². The van der Waals surface area contributed by atoms with Gasteiger partial charge < -0.3 is 15.1 Å². The quantitative estimate of drug-likeness (QED) is 0.897. The van der Waals surface area contributed by atoms with E-state index in [1.165, 1.54) is 19.5 Å². The summed E-state index contributed by atoms with van der Waals surface area (Å²) in [6, 6.07) is 3.81. The molecule has 0 spiro atoms. The highest BCUT2D eigenvalue weighted by atomic mass is 35.5. The Morgan fingerprint density at radius 2 is 2.32 bits per heavy atom. The standard InChI is InChI=1S/C14H23ClN4/c1-16-14-5-4-12(15)13(17-14)10-19(3)9-11-6-7-18(2)8-11/h4-5,11H,6-10H2,1-3H3,(H,16,17). The van der Waals surface area contributed by atoms with E-state index in [1.54, 1.807) is 0 Å². The first kappa shape index (κ1) is 14.6. The molecule has 0 saturated carbocycles. The summed E-state index contributed by atoms with van der Waals surface area (Å²) in [5.41, 5.74) is 0.947. The summed E-state index contributed by atoms with van der Waals surface area (Å²) >= 11 is 6.21. The summed E-state index contributed by atoms with van der Waals surface area (Å²) in [5, 5.41) is 3.80. The van der Waals surface area contributed by atoms with Crippen LogP contribution < -0.4 is 5.32 Å². The molecule has 0 amide bonds. The number of nitrogens with zero attached hydrogens (tertiary/aromatic N) is 3. The number of hydrogen-bond donors (Lipinski definition) is 1. The number of nitrogens with one attached hydrogen (secondary N) is 1. The number of rotatable bonds is 5. The fourth-order valence-electron chi connectivity index (χ4n) is 2.67. The van der Waals surface area contributed by atoms with Gasteiger partial charge in [0.05, 0.1) is 10.7 Å². The molecule has 4 nitrogen and oxygen atoms in total. The molecule has 1 N–H and O–H groups in total. The Morgan fingerprint density at radius 1 is 1.53 bits per heavy atom. The SMILES string of the molecule is CNc1ccc(Cl)c(CN(C)CC2CCN(C)C2)n1. The van der Waals surface area contributed by atoms with Gasteiger partial charge in [0.15, 0.2) is 0 Å². The monoisotopic (exact) mass is 282 g/mol. The molecule has 1 aliphatic rings. The molecule has 1 aliphatic heterocycles. The molecule has 1 atom stereocenters. The van der Waals surface area contributed by atoms with Crippen molar-refractivity contribution in [1.29, 1.82) is 0 Å². The zero-order chi connectivity index (χ0) is 13.8. The normalized spacial score (nSPS) is 20.2. The molecule has 106 valence electrons. The van der Waals surface area contributed by atoms with Crippen molar-refractivity contribution in [3.05, 3.63) is 22.8 Å². The fraction of sp³-hybridized carbons (Fsp3) is 0.643. The molecule has 0 aliphatic carbocycles. The van der Waals surface area contributed by atoms with Gasteiger partial charge in [-0.25, -0.2) is 4.98 Å². The van der Waals surface area contributed by atoms with Crippen LogP contribution in [0.2, 0.25) is 5.02 Å². The van der Waals surface area contributed by atoms with E-state index in [2.05, 4.69) is 34.2 Å². The van der Waals surface area contributed by atoms with Crippen molar-refractivity contribution in [3.8, 4) is 0 Å². The van der Waals surface area contributed by atoms with Crippen molar-refractivity contribution in [1.82, 2.24) is 14.8 Å². The van der Waals surface area contributed by atoms with E-state index >= 15 is 0 Å². The van der Waals surface area contributed by atoms with Crippen LogP contribution in [-0.4, -0.2) is 55.6 Å². The minimum absolute atomic E-state index is 0.745. The predicted molar refractivity (Wildman–Crippen MR) is 80.7 cm³/mol. The van der Waals surface area contributed by atoms with Gasteiger partial charge in [-0.05, 0) is 45.1 Å². The van der Waals surface area contributed by atoms with Crippen molar-refractivity contribution in [2.45, 2.75) is 13.0 Å². The van der Waals surface area contributed by atoms with Gasteiger partial charge in [-0.1, -0.05) is 11.6 Å². The van der Waals surface area contributed by atoms with Crippen LogP contribution in [0.5, 0.6) is 0 Å². The van der Waals surface area contributed by atoms with Crippen molar-refractivity contribution < 1.29 is 0 Å². The molecule has 1 fully saturated rings. The summed E-state index contributed by atoms with van der Waals surface area (Å²) in [5.74, 6) is 1.63. The first-order chi connectivity index (χ1) is 9.08. The molecular formula is C14H23ClN4. The van der Waals surface area contributed by atoms with Crippen molar-refractivity contribution >= 4 is 17.4 Å². The highest BCUT2D eigenvalue weighted by Gasteiger charge is 2.21. The molecule has 1 aromatic rings. The Morgan fingerprint density at radius 3 is 2.95 bits per heavy atom. The molecule has 2 heterocycles. The van der Waals surface area contributed by atoms with Gasteiger partial charge in [-0.3, -0.25) is 0 Å². The van der Waals surface area contributed by atoms with E-state index < -0.39 is 0 Å². The summed E-state index contributed by atoms with van der Waals surface area (Å²) in [4.78, 5) is 9.24. The maximum absolute atomic E-state index is 6.21. The van der Waals surface area contributed by atoms with Gasteiger partial charge in [-0.15, -0.1) is 0 Å². The van der Waals surface area contributed by atoms with E-state index in [0.29, 0.717) is 0 Å². The molecule has 5 heteroatoms. The van der Waals surface area contributed by atoms with Crippen molar-refractivity contribution in [3.63, 3.8) is 0 Å². The number of halogens is 1. The lowest BCUT2D eigenvalue weighted by Crippen LogP contribution is -2.27. The maximum atomic E-state index is 6.21. The van der Waals surface area contributed by atoms with Crippen LogP contribution in [0.25, 0.3) is 0 Å². The maximum Gasteiger partial charge on any atom is 0.126 e. The Hall–Kier alpha value is -0.840. The predicted octanol–water partition coefficient (Wildman–Crippen LogP) is 2.16. The van der Waals surface area contributed by atoms with E-state index in [1.807, 2.05) is 19.2 Å². The zero-order valence-electron chi connectivity index (χ0n) is 12.0. The summed E-state index contributed by atoms with van der Waals surface area (Å²) in [7, 11) is 6.20. The Balaban J connectivity index is 1.92. The molecule has 1 unspecified atom stereocenters. The number of aromatic nitrogens is 1. The third-order valence-electron chi connectivity index (χ3n) is 3.65. The Kier molecular flexibility index (Phi) is 5.02. The molecule has 1 saturated heterocycles. The highest BCUT2D eigenvalue weighted by molar-refractivity contribution is 6.31. The van der Waals surface area contributed by atoms with Gasteiger partial charge in [0, 0.05) is 26.7 Å². The first-order valence-electron chi connectivity index (χ1n) is 6.78.